The molecule has 0 atom stereocenters. The fourth-order valence-corrected chi connectivity index (χ4v) is 6.38. The highest BCUT2D eigenvalue weighted by atomic mass is 15.1. The highest BCUT2D eigenvalue weighted by Crippen LogP contribution is 2.20. The standard InChI is InChI=1S/C41H77N2/c1-4-6-8-10-12-14-16-18-20-22-24-26-28-30-32-34-36-41(43-39-38-42(3)40-43)37-35-33-31-29-27-25-23-21-19-17-15-13-11-9-7-5-2/h18-21,38-41H,4-17,22-37H2,1-3H3/q+1/b20-18-,21-19-. The molecule has 0 aliphatic rings. The Kier molecular flexibility index (Phi) is 29.6. The number of hydrogen-bond acceptors (Lipinski definition) is 0. The number of unbranched alkanes of at least 4 members (excludes halogenated alkanes) is 24. The molecule has 0 bridgehead atoms. The summed E-state index contributed by atoms with van der Waals surface area (Å²) in [6.07, 6.45) is 58.2. The summed E-state index contributed by atoms with van der Waals surface area (Å²) >= 11 is 0. The summed E-state index contributed by atoms with van der Waals surface area (Å²) in [5.41, 5.74) is 0. The van der Waals surface area contributed by atoms with Gasteiger partial charge in [0.25, 0.3) is 0 Å². The maximum absolute atomic E-state index is 2.50. The van der Waals surface area contributed by atoms with Crippen LogP contribution in [0, 0.1) is 0 Å². The van der Waals surface area contributed by atoms with Crippen LogP contribution in [-0.4, -0.2) is 4.57 Å². The van der Waals surface area contributed by atoms with E-state index in [1.54, 1.807) is 0 Å². The Morgan fingerprint density at radius 2 is 0.791 bits per heavy atom. The van der Waals surface area contributed by atoms with Gasteiger partial charge in [0.05, 0.1) is 7.05 Å². The molecule has 2 nitrogen and oxygen atoms in total. The van der Waals surface area contributed by atoms with Gasteiger partial charge in [-0.1, -0.05) is 154 Å². The van der Waals surface area contributed by atoms with E-state index in [0.717, 1.165) is 0 Å². The lowest BCUT2D eigenvalue weighted by atomic mass is 9.99. The zero-order valence-corrected chi connectivity index (χ0v) is 29.7. The minimum Gasteiger partial charge on any atom is -0.240 e. The molecule has 1 aromatic rings. The van der Waals surface area contributed by atoms with Crippen LogP contribution in [-0.2, 0) is 7.05 Å². The van der Waals surface area contributed by atoms with Crippen molar-refractivity contribution in [3.05, 3.63) is 43.0 Å². The lowest BCUT2D eigenvalue weighted by Crippen LogP contribution is -2.37. The van der Waals surface area contributed by atoms with Crippen molar-refractivity contribution in [3.63, 3.8) is 0 Å². The first-order valence-electron chi connectivity index (χ1n) is 19.6. The normalized spacial score (nSPS) is 12.1. The number of imidazole rings is 1. The molecule has 2 heteroatoms. The number of aromatic nitrogens is 2. The van der Waals surface area contributed by atoms with Gasteiger partial charge in [0.15, 0.2) is 0 Å². The number of allylic oxidation sites excluding steroid dienone is 4. The van der Waals surface area contributed by atoms with Crippen LogP contribution in [0.5, 0.6) is 0 Å². The van der Waals surface area contributed by atoms with E-state index in [4.69, 9.17) is 0 Å². The van der Waals surface area contributed by atoms with Gasteiger partial charge in [0.2, 0.25) is 6.33 Å². The van der Waals surface area contributed by atoms with Crippen molar-refractivity contribution in [2.45, 2.75) is 213 Å². The molecule has 0 saturated carbocycles. The van der Waals surface area contributed by atoms with Gasteiger partial charge < -0.3 is 0 Å². The molecule has 1 aromatic heterocycles. The third-order valence-corrected chi connectivity index (χ3v) is 9.31. The molecule has 0 unspecified atom stereocenters. The Balaban J connectivity index is 2.01. The summed E-state index contributed by atoms with van der Waals surface area (Å²) in [7, 11) is 2.15. The van der Waals surface area contributed by atoms with Gasteiger partial charge in [-0.15, -0.1) is 0 Å². The van der Waals surface area contributed by atoms with Crippen molar-refractivity contribution < 1.29 is 4.57 Å². The van der Waals surface area contributed by atoms with E-state index < -0.39 is 0 Å². The van der Waals surface area contributed by atoms with Crippen molar-refractivity contribution >= 4 is 0 Å². The summed E-state index contributed by atoms with van der Waals surface area (Å²) in [5, 5.41) is 0. The number of hydrogen-bond donors (Lipinski definition) is 0. The smallest absolute Gasteiger partial charge is 0.240 e. The minimum absolute atomic E-state index is 0.690. The average Bonchev–Trinajstić information content (AvgIpc) is 3.45. The molecule has 0 aliphatic heterocycles. The Bertz CT molecular complexity index is 688. The van der Waals surface area contributed by atoms with Crippen molar-refractivity contribution in [2.75, 3.05) is 0 Å². The van der Waals surface area contributed by atoms with Gasteiger partial charge >= 0.3 is 0 Å². The third kappa shape index (κ3) is 26.8. The van der Waals surface area contributed by atoms with Gasteiger partial charge in [-0.25, -0.2) is 9.13 Å². The summed E-state index contributed by atoms with van der Waals surface area (Å²) in [5.74, 6) is 0. The number of nitrogens with zero attached hydrogens (tertiary/aromatic N) is 2. The average molecular weight is 598 g/mol. The molecule has 0 saturated heterocycles. The number of rotatable bonds is 33. The van der Waals surface area contributed by atoms with E-state index in [9.17, 15) is 0 Å². The van der Waals surface area contributed by atoms with Crippen LogP contribution < -0.4 is 4.57 Å². The zero-order chi connectivity index (χ0) is 30.9. The quantitative estimate of drug-likeness (QED) is 0.0433. The molecular weight excluding hydrogens is 520 g/mol. The number of aryl methyl sites for hydroxylation is 1. The van der Waals surface area contributed by atoms with E-state index in [2.05, 4.69) is 73.1 Å². The molecule has 0 radical (unpaired) electrons. The van der Waals surface area contributed by atoms with E-state index in [-0.39, 0.29) is 0 Å². The Morgan fingerprint density at radius 3 is 1.12 bits per heavy atom. The van der Waals surface area contributed by atoms with Crippen molar-refractivity contribution in [1.82, 2.24) is 4.57 Å². The second-order valence-corrected chi connectivity index (χ2v) is 13.6. The second-order valence-electron chi connectivity index (χ2n) is 13.6. The van der Waals surface area contributed by atoms with Gasteiger partial charge in [-0.2, -0.15) is 0 Å². The van der Waals surface area contributed by atoms with Crippen LogP contribution in [0.4, 0.5) is 0 Å². The fraction of sp³-hybridized carbons (Fsp3) is 0.829. The van der Waals surface area contributed by atoms with Crippen LogP contribution >= 0.6 is 0 Å². The van der Waals surface area contributed by atoms with Gasteiger partial charge in [-0.05, 0) is 77.0 Å². The molecular formula is C41H77N2+. The minimum atomic E-state index is 0.690. The van der Waals surface area contributed by atoms with Crippen LogP contribution in [0.1, 0.15) is 213 Å². The molecule has 43 heavy (non-hydrogen) atoms. The predicted octanol–water partition coefficient (Wildman–Crippen LogP) is 13.7. The molecule has 0 N–H and O–H groups in total. The Labute approximate surface area is 271 Å². The Hall–Kier alpha value is -1.31. The monoisotopic (exact) mass is 598 g/mol. The maximum atomic E-state index is 2.50. The molecule has 0 aromatic carbocycles. The summed E-state index contributed by atoms with van der Waals surface area (Å²) in [6, 6.07) is 0.690. The van der Waals surface area contributed by atoms with Crippen molar-refractivity contribution in [2.24, 2.45) is 7.05 Å². The largest absolute Gasteiger partial charge is 0.243 e. The molecule has 1 rings (SSSR count). The highest BCUT2D eigenvalue weighted by Gasteiger charge is 2.15. The van der Waals surface area contributed by atoms with E-state index in [1.165, 1.54) is 193 Å². The lowest BCUT2D eigenvalue weighted by Gasteiger charge is -2.14. The molecule has 250 valence electrons. The summed E-state index contributed by atoms with van der Waals surface area (Å²) in [6.45, 7) is 4.59. The second kappa shape index (κ2) is 32.1. The molecule has 1 heterocycles. The first-order chi connectivity index (χ1) is 21.3. The highest BCUT2D eigenvalue weighted by molar-refractivity contribution is 4.82. The first kappa shape index (κ1) is 39.7. The van der Waals surface area contributed by atoms with Gasteiger partial charge in [0.1, 0.15) is 18.4 Å². The molecule has 0 spiro atoms. The third-order valence-electron chi connectivity index (χ3n) is 9.31. The maximum Gasteiger partial charge on any atom is 0.243 e. The van der Waals surface area contributed by atoms with E-state index in [0.29, 0.717) is 6.04 Å². The molecule has 0 aliphatic carbocycles. The van der Waals surface area contributed by atoms with Crippen molar-refractivity contribution in [1.29, 1.82) is 0 Å². The lowest BCUT2D eigenvalue weighted by molar-refractivity contribution is -0.724. The van der Waals surface area contributed by atoms with Gasteiger partial charge in [0, 0.05) is 0 Å². The van der Waals surface area contributed by atoms with Crippen molar-refractivity contribution in [3.8, 4) is 0 Å². The van der Waals surface area contributed by atoms with Gasteiger partial charge in [-0.3, -0.25) is 0 Å². The van der Waals surface area contributed by atoms with E-state index >= 15 is 0 Å². The topological polar surface area (TPSA) is 8.81 Å². The molecule has 0 amide bonds. The fourth-order valence-electron chi connectivity index (χ4n) is 6.38. The van der Waals surface area contributed by atoms with Crippen LogP contribution in [0.2, 0.25) is 0 Å². The summed E-state index contributed by atoms with van der Waals surface area (Å²) in [4.78, 5) is 0. The summed E-state index contributed by atoms with van der Waals surface area (Å²) < 4.78 is 4.70. The molecule has 0 fully saturated rings. The Morgan fingerprint density at radius 1 is 0.465 bits per heavy atom. The van der Waals surface area contributed by atoms with Crippen LogP contribution in [0.3, 0.4) is 0 Å². The SMILES string of the molecule is CCCCCCCC/C=C\CCCCCCCCC(CCCCCCCC/C=C\CCCCCCCC)[n+]1ccn(C)c1. The zero-order valence-electron chi connectivity index (χ0n) is 29.7. The predicted molar refractivity (Wildman–Crippen MR) is 193 cm³/mol. The van der Waals surface area contributed by atoms with E-state index in [1.807, 2.05) is 0 Å². The van der Waals surface area contributed by atoms with Crippen LogP contribution in [0.25, 0.3) is 0 Å². The first-order valence-corrected chi connectivity index (χ1v) is 19.6. The van der Waals surface area contributed by atoms with Crippen LogP contribution in [0.15, 0.2) is 43.0 Å².